The zero-order valence-corrected chi connectivity index (χ0v) is 13.4. The Balaban J connectivity index is 2.09. The van der Waals surface area contributed by atoms with Gasteiger partial charge in [-0.2, -0.15) is 0 Å². The van der Waals surface area contributed by atoms with Gasteiger partial charge in [0.15, 0.2) is 0 Å². The molecule has 0 aliphatic carbocycles. The van der Waals surface area contributed by atoms with E-state index in [1.807, 2.05) is 31.2 Å². The van der Waals surface area contributed by atoms with Gasteiger partial charge in [0.1, 0.15) is 0 Å². The smallest absolute Gasteiger partial charge is 0.319 e. The van der Waals surface area contributed by atoms with Crippen molar-refractivity contribution in [1.82, 2.24) is 10.3 Å². The molecule has 0 aliphatic rings. The Bertz CT molecular complexity index is 603. The highest BCUT2D eigenvalue weighted by atomic mass is 16.2. The summed E-state index contributed by atoms with van der Waals surface area (Å²) >= 11 is 0. The van der Waals surface area contributed by atoms with Crippen LogP contribution in [0.1, 0.15) is 43.6 Å². The summed E-state index contributed by atoms with van der Waals surface area (Å²) < 4.78 is 0. The summed E-state index contributed by atoms with van der Waals surface area (Å²) in [6, 6.07) is 11.5. The standard InChI is InChI=1S/C18H23N3O/c1-4-14-9-8-10-15(5-2)17(14)21-18(22)20-13(3)16-11-6-7-12-19-16/h6-13H,4-5H2,1-3H3,(H2,20,21,22). The number of carbonyl (C=O) groups excluding carboxylic acids is 1. The maximum atomic E-state index is 12.3. The van der Waals surface area contributed by atoms with Crippen molar-refractivity contribution in [2.45, 2.75) is 39.7 Å². The van der Waals surface area contributed by atoms with Gasteiger partial charge in [0.25, 0.3) is 0 Å². The van der Waals surface area contributed by atoms with Crippen LogP contribution in [0.2, 0.25) is 0 Å². The van der Waals surface area contributed by atoms with Gasteiger partial charge in [-0.25, -0.2) is 4.79 Å². The number of nitrogens with one attached hydrogen (secondary N) is 2. The van der Waals surface area contributed by atoms with E-state index in [-0.39, 0.29) is 12.1 Å². The number of nitrogens with zero attached hydrogens (tertiary/aromatic N) is 1. The zero-order chi connectivity index (χ0) is 15.9. The van der Waals surface area contributed by atoms with Gasteiger partial charge in [0.05, 0.1) is 11.7 Å². The molecular formula is C18H23N3O. The van der Waals surface area contributed by atoms with E-state index in [0.29, 0.717) is 0 Å². The minimum absolute atomic E-state index is 0.139. The van der Waals surface area contributed by atoms with E-state index >= 15 is 0 Å². The Morgan fingerprint density at radius 1 is 1.09 bits per heavy atom. The second kappa shape index (κ2) is 7.59. The number of para-hydroxylation sites is 1. The van der Waals surface area contributed by atoms with Crippen molar-refractivity contribution in [1.29, 1.82) is 0 Å². The van der Waals surface area contributed by atoms with Gasteiger partial charge < -0.3 is 10.6 Å². The first kappa shape index (κ1) is 16.0. The van der Waals surface area contributed by atoms with E-state index in [1.54, 1.807) is 6.20 Å². The van der Waals surface area contributed by atoms with Crippen LogP contribution in [0.5, 0.6) is 0 Å². The number of urea groups is 1. The average Bonchev–Trinajstić information content (AvgIpc) is 2.55. The quantitative estimate of drug-likeness (QED) is 0.873. The van der Waals surface area contributed by atoms with Crippen LogP contribution >= 0.6 is 0 Å². The van der Waals surface area contributed by atoms with Crippen LogP contribution in [-0.2, 0) is 12.8 Å². The van der Waals surface area contributed by atoms with Crippen molar-refractivity contribution in [2.24, 2.45) is 0 Å². The summed E-state index contributed by atoms with van der Waals surface area (Å²) in [6.45, 7) is 6.11. The minimum atomic E-state index is -0.200. The Hall–Kier alpha value is -2.36. The summed E-state index contributed by atoms with van der Waals surface area (Å²) in [5, 5.41) is 5.94. The Morgan fingerprint density at radius 2 is 1.77 bits per heavy atom. The molecule has 1 aromatic carbocycles. The van der Waals surface area contributed by atoms with Crippen LogP contribution in [0.4, 0.5) is 10.5 Å². The summed E-state index contributed by atoms with van der Waals surface area (Å²) in [4.78, 5) is 16.5. The van der Waals surface area contributed by atoms with Gasteiger partial charge >= 0.3 is 6.03 Å². The Labute approximate surface area is 132 Å². The number of amides is 2. The number of pyridine rings is 1. The molecule has 0 fully saturated rings. The molecule has 2 N–H and O–H groups in total. The van der Waals surface area contributed by atoms with Gasteiger partial charge in [-0.15, -0.1) is 0 Å². The molecule has 1 aromatic heterocycles. The predicted octanol–water partition coefficient (Wildman–Crippen LogP) is 4.09. The molecule has 116 valence electrons. The van der Waals surface area contributed by atoms with E-state index in [4.69, 9.17) is 0 Å². The number of anilines is 1. The number of carbonyl (C=O) groups is 1. The first-order chi connectivity index (χ1) is 10.7. The maximum Gasteiger partial charge on any atom is 0.319 e. The Morgan fingerprint density at radius 3 is 2.32 bits per heavy atom. The van der Waals surface area contributed by atoms with Crippen molar-refractivity contribution in [3.63, 3.8) is 0 Å². The fourth-order valence-corrected chi connectivity index (χ4v) is 2.46. The second-order valence-corrected chi connectivity index (χ2v) is 5.23. The largest absolute Gasteiger partial charge is 0.330 e. The van der Waals surface area contributed by atoms with Gasteiger partial charge in [0, 0.05) is 11.9 Å². The van der Waals surface area contributed by atoms with Gasteiger partial charge in [-0.3, -0.25) is 4.98 Å². The number of rotatable bonds is 5. The molecular weight excluding hydrogens is 274 g/mol. The third-order valence-corrected chi connectivity index (χ3v) is 3.72. The molecule has 0 aliphatic heterocycles. The summed E-state index contributed by atoms with van der Waals surface area (Å²) in [5.41, 5.74) is 4.08. The lowest BCUT2D eigenvalue weighted by Crippen LogP contribution is -2.32. The van der Waals surface area contributed by atoms with Crippen LogP contribution in [0.15, 0.2) is 42.6 Å². The average molecular weight is 297 g/mol. The lowest BCUT2D eigenvalue weighted by molar-refractivity contribution is 0.249. The molecule has 1 heterocycles. The molecule has 4 heteroatoms. The molecule has 4 nitrogen and oxygen atoms in total. The number of hydrogen-bond donors (Lipinski definition) is 2. The lowest BCUT2D eigenvalue weighted by Gasteiger charge is -2.17. The maximum absolute atomic E-state index is 12.3. The van der Waals surface area contributed by atoms with Crippen LogP contribution in [0.3, 0.4) is 0 Å². The highest BCUT2D eigenvalue weighted by Crippen LogP contribution is 2.22. The van der Waals surface area contributed by atoms with Crippen molar-refractivity contribution in [3.8, 4) is 0 Å². The Kier molecular flexibility index (Phi) is 5.53. The normalized spacial score (nSPS) is 11.8. The molecule has 2 rings (SSSR count). The van der Waals surface area contributed by atoms with Gasteiger partial charge in [-0.05, 0) is 43.0 Å². The van der Waals surface area contributed by atoms with Crippen molar-refractivity contribution >= 4 is 11.7 Å². The molecule has 0 bridgehead atoms. The first-order valence-corrected chi connectivity index (χ1v) is 7.74. The fraction of sp³-hybridized carbons (Fsp3) is 0.333. The number of hydrogen-bond acceptors (Lipinski definition) is 2. The van der Waals surface area contributed by atoms with Crippen molar-refractivity contribution in [2.75, 3.05) is 5.32 Å². The molecule has 0 radical (unpaired) electrons. The monoisotopic (exact) mass is 297 g/mol. The van der Waals surface area contributed by atoms with Gasteiger partial charge in [0.2, 0.25) is 0 Å². The number of benzene rings is 1. The molecule has 1 unspecified atom stereocenters. The van der Waals surface area contributed by atoms with Crippen LogP contribution in [0, 0.1) is 0 Å². The lowest BCUT2D eigenvalue weighted by atomic mass is 10.0. The predicted molar refractivity (Wildman–Crippen MR) is 90.0 cm³/mol. The second-order valence-electron chi connectivity index (χ2n) is 5.23. The van der Waals surface area contributed by atoms with E-state index in [1.165, 1.54) is 0 Å². The highest BCUT2D eigenvalue weighted by molar-refractivity contribution is 5.91. The first-order valence-electron chi connectivity index (χ1n) is 7.74. The van der Waals surface area contributed by atoms with Crippen LogP contribution in [-0.4, -0.2) is 11.0 Å². The summed E-state index contributed by atoms with van der Waals surface area (Å²) in [5.74, 6) is 0. The van der Waals surface area contributed by atoms with Crippen LogP contribution in [0.25, 0.3) is 0 Å². The van der Waals surface area contributed by atoms with Crippen LogP contribution < -0.4 is 10.6 Å². The topological polar surface area (TPSA) is 54.0 Å². The van der Waals surface area contributed by atoms with E-state index < -0.39 is 0 Å². The molecule has 2 amide bonds. The van der Waals surface area contributed by atoms with E-state index in [0.717, 1.165) is 35.3 Å². The number of aromatic nitrogens is 1. The third kappa shape index (κ3) is 3.85. The SMILES string of the molecule is CCc1cccc(CC)c1NC(=O)NC(C)c1ccccn1. The fourth-order valence-electron chi connectivity index (χ4n) is 2.46. The third-order valence-electron chi connectivity index (χ3n) is 3.72. The minimum Gasteiger partial charge on any atom is -0.330 e. The highest BCUT2D eigenvalue weighted by Gasteiger charge is 2.13. The van der Waals surface area contributed by atoms with E-state index in [9.17, 15) is 4.79 Å². The zero-order valence-electron chi connectivity index (χ0n) is 13.4. The molecule has 2 aromatic rings. The molecule has 0 spiro atoms. The van der Waals surface area contributed by atoms with Gasteiger partial charge in [-0.1, -0.05) is 38.1 Å². The summed E-state index contributed by atoms with van der Waals surface area (Å²) in [7, 11) is 0. The molecule has 22 heavy (non-hydrogen) atoms. The molecule has 0 saturated carbocycles. The van der Waals surface area contributed by atoms with Crippen molar-refractivity contribution in [3.05, 3.63) is 59.4 Å². The summed E-state index contributed by atoms with van der Waals surface area (Å²) in [6.07, 6.45) is 3.51. The number of aryl methyl sites for hydroxylation is 2. The molecule has 0 saturated heterocycles. The molecule has 1 atom stereocenters. The van der Waals surface area contributed by atoms with Crippen molar-refractivity contribution < 1.29 is 4.79 Å². The van der Waals surface area contributed by atoms with E-state index in [2.05, 4.69) is 41.6 Å².